The van der Waals surface area contributed by atoms with Gasteiger partial charge in [-0.15, -0.1) is 0 Å². The fourth-order valence-electron chi connectivity index (χ4n) is 2.37. The third-order valence-electron chi connectivity index (χ3n) is 3.50. The molecule has 0 amide bonds. The molecule has 0 spiro atoms. The zero-order valence-corrected chi connectivity index (χ0v) is 13.6. The van der Waals surface area contributed by atoms with Gasteiger partial charge in [-0.1, -0.05) is 94.8 Å². The van der Waals surface area contributed by atoms with Gasteiger partial charge in [0.1, 0.15) is 0 Å². The first-order valence-electron chi connectivity index (χ1n) is 7.22. The second kappa shape index (κ2) is 7.19. The van der Waals surface area contributed by atoms with Crippen LogP contribution in [0.5, 0.6) is 0 Å². The SMILES string of the molecule is Brc1ccccc1/C=N/C(c1ccccc1)c1ccccc1. The van der Waals surface area contributed by atoms with Gasteiger partial charge in [-0.2, -0.15) is 0 Å². The third-order valence-corrected chi connectivity index (χ3v) is 4.22. The van der Waals surface area contributed by atoms with E-state index in [1.807, 2.05) is 36.5 Å². The van der Waals surface area contributed by atoms with Crippen LogP contribution in [-0.4, -0.2) is 6.21 Å². The monoisotopic (exact) mass is 349 g/mol. The highest BCUT2D eigenvalue weighted by molar-refractivity contribution is 9.10. The summed E-state index contributed by atoms with van der Waals surface area (Å²) in [7, 11) is 0. The van der Waals surface area contributed by atoms with Crippen LogP contribution >= 0.6 is 15.9 Å². The van der Waals surface area contributed by atoms with Crippen LogP contribution in [0, 0.1) is 0 Å². The Hall–Kier alpha value is -2.19. The van der Waals surface area contributed by atoms with E-state index in [9.17, 15) is 0 Å². The van der Waals surface area contributed by atoms with Crippen molar-refractivity contribution in [1.82, 2.24) is 0 Å². The Morgan fingerprint density at radius 2 is 1.18 bits per heavy atom. The Bertz CT molecular complexity index is 711. The van der Waals surface area contributed by atoms with E-state index in [0.717, 1.165) is 10.0 Å². The van der Waals surface area contributed by atoms with Gasteiger partial charge >= 0.3 is 0 Å². The molecule has 0 saturated heterocycles. The number of nitrogens with zero attached hydrogens (tertiary/aromatic N) is 1. The minimum atomic E-state index is 0.00880. The van der Waals surface area contributed by atoms with Gasteiger partial charge in [-0.05, 0) is 17.2 Å². The molecule has 0 heterocycles. The fourth-order valence-corrected chi connectivity index (χ4v) is 2.76. The molecular weight excluding hydrogens is 334 g/mol. The largest absolute Gasteiger partial charge is 0.280 e. The van der Waals surface area contributed by atoms with E-state index in [1.165, 1.54) is 11.1 Å². The quantitative estimate of drug-likeness (QED) is 0.539. The maximum atomic E-state index is 4.84. The number of halogens is 1. The van der Waals surface area contributed by atoms with Gasteiger partial charge in [0.25, 0.3) is 0 Å². The molecule has 3 rings (SSSR count). The molecule has 0 aliphatic carbocycles. The minimum Gasteiger partial charge on any atom is -0.280 e. The lowest BCUT2D eigenvalue weighted by Crippen LogP contribution is -1.99. The molecule has 0 aliphatic heterocycles. The molecule has 0 atom stereocenters. The zero-order chi connectivity index (χ0) is 15.2. The molecule has 2 heteroatoms. The summed E-state index contributed by atoms with van der Waals surface area (Å²) in [6, 6.07) is 28.9. The average Bonchev–Trinajstić information content (AvgIpc) is 2.59. The van der Waals surface area contributed by atoms with Crippen molar-refractivity contribution in [3.63, 3.8) is 0 Å². The van der Waals surface area contributed by atoms with Crippen LogP contribution in [0.4, 0.5) is 0 Å². The van der Waals surface area contributed by atoms with Crippen LogP contribution in [0.25, 0.3) is 0 Å². The van der Waals surface area contributed by atoms with E-state index in [2.05, 4.69) is 70.5 Å². The van der Waals surface area contributed by atoms with Gasteiger partial charge in [-0.3, -0.25) is 4.99 Å². The number of hydrogen-bond acceptors (Lipinski definition) is 1. The first kappa shape index (κ1) is 14.7. The van der Waals surface area contributed by atoms with Gasteiger partial charge in [-0.25, -0.2) is 0 Å². The Morgan fingerprint density at radius 1 is 0.682 bits per heavy atom. The lowest BCUT2D eigenvalue weighted by atomic mass is 9.99. The van der Waals surface area contributed by atoms with Gasteiger partial charge in [0.2, 0.25) is 0 Å². The maximum Gasteiger partial charge on any atom is 0.0999 e. The van der Waals surface area contributed by atoms with Crippen LogP contribution in [0.3, 0.4) is 0 Å². The Kier molecular flexibility index (Phi) is 4.81. The summed E-state index contributed by atoms with van der Waals surface area (Å²) in [4.78, 5) is 4.84. The second-order valence-corrected chi connectivity index (χ2v) is 5.88. The lowest BCUT2D eigenvalue weighted by Gasteiger charge is -2.13. The zero-order valence-electron chi connectivity index (χ0n) is 12.1. The third kappa shape index (κ3) is 3.52. The van der Waals surface area contributed by atoms with E-state index in [-0.39, 0.29) is 6.04 Å². The van der Waals surface area contributed by atoms with Crippen LogP contribution < -0.4 is 0 Å². The van der Waals surface area contributed by atoms with Crippen LogP contribution in [-0.2, 0) is 0 Å². The molecule has 1 nitrogen and oxygen atoms in total. The molecule has 22 heavy (non-hydrogen) atoms. The van der Waals surface area contributed by atoms with E-state index in [4.69, 9.17) is 4.99 Å². The highest BCUT2D eigenvalue weighted by Gasteiger charge is 2.11. The standard InChI is InChI=1S/C20H16BrN/c21-19-14-8-7-13-18(19)15-22-20(16-9-3-1-4-10-16)17-11-5-2-6-12-17/h1-15,20H/b22-15+. The van der Waals surface area contributed by atoms with Gasteiger partial charge in [0.05, 0.1) is 6.04 Å². The van der Waals surface area contributed by atoms with E-state index in [0.29, 0.717) is 0 Å². The molecule has 0 radical (unpaired) electrons. The molecule has 0 aliphatic rings. The van der Waals surface area contributed by atoms with Gasteiger partial charge in [0.15, 0.2) is 0 Å². The molecule has 0 N–H and O–H groups in total. The summed E-state index contributed by atoms with van der Waals surface area (Å²) >= 11 is 3.57. The predicted octanol–water partition coefficient (Wildman–Crippen LogP) is 5.66. The van der Waals surface area contributed by atoms with Crippen molar-refractivity contribution in [2.45, 2.75) is 6.04 Å². The average molecular weight is 350 g/mol. The molecule has 0 aromatic heterocycles. The first-order valence-corrected chi connectivity index (χ1v) is 8.01. The van der Waals surface area contributed by atoms with Crippen molar-refractivity contribution in [3.8, 4) is 0 Å². The Morgan fingerprint density at radius 3 is 1.73 bits per heavy atom. The van der Waals surface area contributed by atoms with Crippen molar-refractivity contribution < 1.29 is 0 Å². The number of hydrogen-bond donors (Lipinski definition) is 0. The number of aliphatic imine (C=N–C) groups is 1. The molecule has 108 valence electrons. The van der Waals surface area contributed by atoms with Crippen molar-refractivity contribution in [1.29, 1.82) is 0 Å². The summed E-state index contributed by atoms with van der Waals surface area (Å²) < 4.78 is 1.05. The van der Waals surface area contributed by atoms with E-state index < -0.39 is 0 Å². The van der Waals surface area contributed by atoms with Crippen molar-refractivity contribution in [2.24, 2.45) is 4.99 Å². The van der Waals surface area contributed by atoms with Crippen molar-refractivity contribution in [3.05, 3.63) is 106 Å². The molecule has 0 bridgehead atoms. The molecular formula is C20H16BrN. The van der Waals surface area contributed by atoms with Crippen LogP contribution in [0.15, 0.2) is 94.4 Å². The Balaban J connectivity index is 1.98. The molecule has 0 unspecified atom stereocenters. The highest BCUT2D eigenvalue weighted by atomic mass is 79.9. The van der Waals surface area contributed by atoms with E-state index >= 15 is 0 Å². The van der Waals surface area contributed by atoms with Crippen molar-refractivity contribution in [2.75, 3.05) is 0 Å². The second-order valence-electron chi connectivity index (χ2n) is 5.02. The topological polar surface area (TPSA) is 12.4 Å². The van der Waals surface area contributed by atoms with Crippen LogP contribution in [0.2, 0.25) is 0 Å². The molecule has 3 aromatic carbocycles. The summed E-state index contributed by atoms with van der Waals surface area (Å²) in [5, 5.41) is 0. The van der Waals surface area contributed by atoms with Gasteiger partial charge < -0.3 is 0 Å². The molecule has 0 saturated carbocycles. The van der Waals surface area contributed by atoms with Gasteiger partial charge in [0, 0.05) is 16.3 Å². The number of benzene rings is 3. The molecule has 0 fully saturated rings. The normalized spacial score (nSPS) is 11.2. The predicted molar refractivity (Wildman–Crippen MR) is 96.5 cm³/mol. The summed E-state index contributed by atoms with van der Waals surface area (Å²) in [6.45, 7) is 0. The molecule has 3 aromatic rings. The summed E-state index contributed by atoms with van der Waals surface area (Å²) in [6.07, 6.45) is 1.94. The van der Waals surface area contributed by atoms with Crippen LogP contribution in [0.1, 0.15) is 22.7 Å². The maximum absolute atomic E-state index is 4.84. The fraction of sp³-hybridized carbons (Fsp3) is 0.0500. The Labute approximate surface area is 139 Å². The lowest BCUT2D eigenvalue weighted by molar-refractivity contribution is 0.878. The van der Waals surface area contributed by atoms with Crippen molar-refractivity contribution >= 4 is 22.1 Å². The summed E-state index contributed by atoms with van der Waals surface area (Å²) in [5.41, 5.74) is 3.47. The summed E-state index contributed by atoms with van der Waals surface area (Å²) in [5.74, 6) is 0. The van der Waals surface area contributed by atoms with E-state index in [1.54, 1.807) is 0 Å². The minimum absolute atomic E-state index is 0.00880. The highest BCUT2D eigenvalue weighted by Crippen LogP contribution is 2.26. The smallest absolute Gasteiger partial charge is 0.0999 e. The first-order chi connectivity index (χ1) is 10.8. The number of rotatable bonds is 4.